The standard InChI is InChI=1S/C14H18N6/c1-4-16-13(17-5-1)20-7-3-14(20)2-6-19(10-14)9-12-8-15-11-18-12/h1,4-5,8,11H,2-3,6-7,9-10H2,(H,15,18)/t14-/m1/s1. The molecule has 6 heteroatoms. The summed E-state index contributed by atoms with van der Waals surface area (Å²) < 4.78 is 0. The lowest BCUT2D eigenvalue weighted by Crippen LogP contribution is -2.62. The van der Waals surface area contributed by atoms with Gasteiger partial charge in [-0.2, -0.15) is 0 Å². The molecule has 2 aromatic rings. The van der Waals surface area contributed by atoms with Gasteiger partial charge in [-0.05, 0) is 18.9 Å². The van der Waals surface area contributed by atoms with Gasteiger partial charge in [0.1, 0.15) is 0 Å². The second-order valence-corrected chi connectivity index (χ2v) is 5.71. The summed E-state index contributed by atoms with van der Waals surface area (Å²) in [6.45, 7) is 4.24. The summed E-state index contributed by atoms with van der Waals surface area (Å²) in [6.07, 6.45) is 9.74. The Morgan fingerprint density at radius 1 is 1.20 bits per heavy atom. The molecule has 2 aliphatic heterocycles. The lowest BCUT2D eigenvalue weighted by Gasteiger charge is -2.50. The predicted molar refractivity (Wildman–Crippen MR) is 75.2 cm³/mol. The van der Waals surface area contributed by atoms with E-state index in [4.69, 9.17) is 0 Å². The quantitative estimate of drug-likeness (QED) is 0.903. The van der Waals surface area contributed by atoms with Gasteiger partial charge in [0.2, 0.25) is 5.95 Å². The highest BCUT2D eigenvalue weighted by Crippen LogP contribution is 2.41. The van der Waals surface area contributed by atoms with E-state index < -0.39 is 0 Å². The summed E-state index contributed by atoms with van der Waals surface area (Å²) in [5.41, 5.74) is 1.44. The van der Waals surface area contributed by atoms with E-state index >= 15 is 0 Å². The molecule has 2 fully saturated rings. The molecular weight excluding hydrogens is 252 g/mol. The van der Waals surface area contributed by atoms with Crippen LogP contribution in [0.1, 0.15) is 18.5 Å². The van der Waals surface area contributed by atoms with Crippen molar-refractivity contribution in [2.45, 2.75) is 24.9 Å². The Morgan fingerprint density at radius 2 is 2.05 bits per heavy atom. The highest BCUT2D eigenvalue weighted by molar-refractivity contribution is 5.41. The lowest BCUT2D eigenvalue weighted by atomic mass is 9.84. The van der Waals surface area contributed by atoms with Gasteiger partial charge in [0.05, 0.1) is 11.9 Å². The zero-order chi connectivity index (χ0) is 13.4. The van der Waals surface area contributed by atoms with Gasteiger partial charge in [0, 0.05) is 50.5 Å². The molecule has 0 amide bonds. The molecule has 1 N–H and O–H groups in total. The van der Waals surface area contributed by atoms with Crippen LogP contribution < -0.4 is 4.90 Å². The summed E-state index contributed by atoms with van der Waals surface area (Å²) in [5, 5.41) is 0. The highest BCUT2D eigenvalue weighted by atomic mass is 15.4. The zero-order valence-electron chi connectivity index (χ0n) is 11.4. The average Bonchev–Trinajstić information content (AvgIpc) is 3.10. The van der Waals surface area contributed by atoms with Crippen molar-refractivity contribution >= 4 is 5.95 Å². The Kier molecular flexibility index (Phi) is 2.70. The molecule has 104 valence electrons. The Hall–Kier alpha value is -1.95. The largest absolute Gasteiger partial charge is 0.347 e. The van der Waals surface area contributed by atoms with Gasteiger partial charge in [-0.15, -0.1) is 0 Å². The number of nitrogens with one attached hydrogen (secondary N) is 1. The minimum atomic E-state index is 0.251. The summed E-state index contributed by atoms with van der Waals surface area (Å²) in [4.78, 5) is 20.9. The van der Waals surface area contributed by atoms with E-state index in [2.05, 4.69) is 29.7 Å². The van der Waals surface area contributed by atoms with Crippen LogP contribution in [0.25, 0.3) is 0 Å². The Morgan fingerprint density at radius 3 is 2.75 bits per heavy atom. The molecular formula is C14H18N6. The normalized spacial score (nSPS) is 26.1. The number of likely N-dealkylation sites (tertiary alicyclic amines) is 1. The van der Waals surface area contributed by atoms with Gasteiger partial charge in [0.25, 0.3) is 0 Å². The van der Waals surface area contributed by atoms with Gasteiger partial charge in [-0.25, -0.2) is 15.0 Å². The number of anilines is 1. The van der Waals surface area contributed by atoms with Crippen LogP contribution in [0.3, 0.4) is 0 Å². The molecule has 6 nitrogen and oxygen atoms in total. The number of aromatic amines is 1. The SMILES string of the molecule is c1cnc(N2CC[C@@]23CCN(Cc2cnc[nH]2)C3)nc1. The van der Waals surface area contributed by atoms with Crippen molar-refractivity contribution in [2.24, 2.45) is 0 Å². The third kappa shape index (κ3) is 1.87. The zero-order valence-corrected chi connectivity index (χ0v) is 11.4. The average molecular weight is 270 g/mol. The van der Waals surface area contributed by atoms with Crippen LogP contribution in [0.2, 0.25) is 0 Å². The van der Waals surface area contributed by atoms with Crippen molar-refractivity contribution in [2.75, 3.05) is 24.5 Å². The first-order valence-corrected chi connectivity index (χ1v) is 7.10. The molecule has 1 atom stereocenters. The molecule has 4 rings (SSSR count). The Balaban J connectivity index is 1.47. The molecule has 0 radical (unpaired) electrons. The van der Waals surface area contributed by atoms with E-state index in [1.807, 2.05) is 24.7 Å². The number of aromatic nitrogens is 4. The molecule has 20 heavy (non-hydrogen) atoms. The summed E-state index contributed by atoms with van der Waals surface area (Å²) in [6, 6.07) is 1.87. The maximum Gasteiger partial charge on any atom is 0.225 e. The van der Waals surface area contributed by atoms with E-state index in [0.717, 1.165) is 32.1 Å². The van der Waals surface area contributed by atoms with E-state index in [0.29, 0.717) is 0 Å². The topological polar surface area (TPSA) is 60.9 Å². The summed E-state index contributed by atoms with van der Waals surface area (Å²) in [7, 11) is 0. The second-order valence-electron chi connectivity index (χ2n) is 5.71. The maximum atomic E-state index is 4.40. The number of rotatable bonds is 3. The van der Waals surface area contributed by atoms with Crippen LogP contribution in [0.15, 0.2) is 31.0 Å². The second kappa shape index (κ2) is 4.56. The highest BCUT2D eigenvalue weighted by Gasteiger charge is 2.50. The fourth-order valence-corrected chi connectivity index (χ4v) is 3.39. The van der Waals surface area contributed by atoms with Crippen molar-refractivity contribution in [1.29, 1.82) is 0 Å². The van der Waals surface area contributed by atoms with Gasteiger partial charge >= 0.3 is 0 Å². The van der Waals surface area contributed by atoms with E-state index in [9.17, 15) is 0 Å². The number of imidazole rings is 1. The van der Waals surface area contributed by atoms with Crippen molar-refractivity contribution in [3.05, 3.63) is 36.7 Å². The van der Waals surface area contributed by atoms with E-state index in [-0.39, 0.29) is 5.54 Å². The van der Waals surface area contributed by atoms with Crippen LogP contribution in [-0.4, -0.2) is 50.0 Å². The number of H-pyrrole nitrogens is 1. The predicted octanol–water partition coefficient (Wildman–Crippen LogP) is 1.05. The van der Waals surface area contributed by atoms with Gasteiger partial charge < -0.3 is 9.88 Å². The third-order valence-corrected chi connectivity index (χ3v) is 4.53. The number of hydrogen-bond acceptors (Lipinski definition) is 5. The lowest BCUT2D eigenvalue weighted by molar-refractivity contribution is 0.242. The molecule has 0 unspecified atom stereocenters. The van der Waals surface area contributed by atoms with Crippen molar-refractivity contribution < 1.29 is 0 Å². The van der Waals surface area contributed by atoms with Gasteiger partial charge in [0.15, 0.2) is 0 Å². The number of nitrogens with zero attached hydrogens (tertiary/aromatic N) is 5. The van der Waals surface area contributed by atoms with Crippen LogP contribution in [0.5, 0.6) is 0 Å². The van der Waals surface area contributed by atoms with Crippen molar-refractivity contribution in [1.82, 2.24) is 24.8 Å². The maximum absolute atomic E-state index is 4.40. The van der Waals surface area contributed by atoms with E-state index in [1.54, 1.807) is 6.33 Å². The van der Waals surface area contributed by atoms with Crippen LogP contribution in [0, 0.1) is 0 Å². The molecule has 2 saturated heterocycles. The van der Waals surface area contributed by atoms with E-state index in [1.165, 1.54) is 18.5 Å². The van der Waals surface area contributed by atoms with Crippen molar-refractivity contribution in [3.8, 4) is 0 Å². The molecule has 4 heterocycles. The fraction of sp³-hybridized carbons (Fsp3) is 0.500. The van der Waals surface area contributed by atoms with Crippen LogP contribution in [0.4, 0.5) is 5.95 Å². The number of hydrogen-bond donors (Lipinski definition) is 1. The Labute approximate surface area is 117 Å². The first-order valence-electron chi connectivity index (χ1n) is 7.10. The Bertz CT molecular complexity index is 569. The summed E-state index contributed by atoms with van der Waals surface area (Å²) >= 11 is 0. The van der Waals surface area contributed by atoms with Crippen LogP contribution >= 0.6 is 0 Å². The molecule has 2 aromatic heterocycles. The monoisotopic (exact) mass is 270 g/mol. The smallest absolute Gasteiger partial charge is 0.225 e. The molecule has 0 bridgehead atoms. The van der Waals surface area contributed by atoms with Crippen LogP contribution in [-0.2, 0) is 6.54 Å². The minimum absolute atomic E-state index is 0.251. The molecule has 2 aliphatic rings. The van der Waals surface area contributed by atoms with Gasteiger partial charge in [-0.1, -0.05) is 0 Å². The van der Waals surface area contributed by atoms with Gasteiger partial charge in [-0.3, -0.25) is 4.90 Å². The summed E-state index contributed by atoms with van der Waals surface area (Å²) in [5.74, 6) is 0.877. The van der Waals surface area contributed by atoms with Crippen molar-refractivity contribution in [3.63, 3.8) is 0 Å². The molecule has 0 aromatic carbocycles. The molecule has 1 spiro atoms. The third-order valence-electron chi connectivity index (χ3n) is 4.53. The fourth-order valence-electron chi connectivity index (χ4n) is 3.39. The first-order chi connectivity index (χ1) is 9.86. The first kappa shape index (κ1) is 11.8. The minimum Gasteiger partial charge on any atom is -0.347 e. The molecule has 0 saturated carbocycles. The molecule has 0 aliphatic carbocycles.